The molecule has 0 N–H and O–H groups in total. The molecule has 3 aromatic heterocycles. The van der Waals surface area contributed by atoms with Gasteiger partial charge < -0.3 is 4.57 Å². The van der Waals surface area contributed by atoms with Crippen LogP contribution in [0.5, 0.6) is 0 Å². The van der Waals surface area contributed by atoms with Gasteiger partial charge in [0, 0.05) is 18.8 Å². The van der Waals surface area contributed by atoms with Gasteiger partial charge in [0.2, 0.25) is 5.67 Å². The largest absolute Gasteiger partial charge is 0.433 e. The number of fused-ring (bicyclic) bond motifs is 1. The summed E-state index contributed by atoms with van der Waals surface area (Å²) >= 11 is 0. The van der Waals surface area contributed by atoms with Crippen molar-refractivity contribution in [3.8, 4) is 17.6 Å². The summed E-state index contributed by atoms with van der Waals surface area (Å²) in [6.45, 7) is 2.34. The number of hydrogen-bond donors (Lipinski definition) is 0. The molecule has 0 radical (unpaired) electrons. The Morgan fingerprint density at radius 1 is 1.17 bits per heavy atom. The van der Waals surface area contributed by atoms with Crippen LogP contribution in [-0.2, 0) is 28.7 Å². The molecule has 0 saturated heterocycles. The van der Waals surface area contributed by atoms with Gasteiger partial charge in [-0.15, -0.1) is 0 Å². The maximum Gasteiger partial charge on any atom is 0.433 e. The van der Waals surface area contributed by atoms with Crippen LogP contribution >= 0.6 is 0 Å². The van der Waals surface area contributed by atoms with Crippen LogP contribution in [0, 0.1) is 11.3 Å². The summed E-state index contributed by atoms with van der Waals surface area (Å²) in [4.78, 5) is 11.1. The zero-order chi connectivity index (χ0) is 22.5. The van der Waals surface area contributed by atoms with Crippen molar-refractivity contribution in [3.63, 3.8) is 0 Å². The number of aromatic nitrogens is 4. The maximum atomic E-state index is 14.4. The van der Waals surface area contributed by atoms with Gasteiger partial charge >= 0.3 is 6.18 Å². The van der Waals surface area contributed by atoms with Crippen LogP contribution < -0.4 is 0 Å². The summed E-state index contributed by atoms with van der Waals surface area (Å²) in [5.41, 5.74) is -3.90. The molecule has 0 bridgehead atoms. The molecule has 1 atom stereocenters. The third kappa shape index (κ3) is 3.60. The Morgan fingerprint density at radius 2 is 1.83 bits per heavy atom. The van der Waals surface area contributed by atoms with E-state index in [1.807, 2.05) is 0 Å². The first-order chi connectivity index (χ1) is 13.8. The van der Waals surface area contributed by atoms with E-state index in [2.05, 4.69) is 15.0 Å². The maximum absolute atomic E-state index is 14.4. The van der Waals surface area contributed by atoms with Crippen LogP contribution in [0.2, 0.25) is 0 Å². The van der Waals surface area contributed by atoms with Crippen LogP contribution in [0.15, 0.2) is 29.4 Å². The summed E-state index contributed by atoms with van der Waals surface area (Å²) in [5, 5.41) is 9.00. The Hall–Kier alpha value is -3.07. The first-order valence-electron chi connectivity index (χ1n) is 8.55. The number of aryl methyl sites for hydroxylation is 1. The fraction of sp³-hybridized carbons (Fsp3) is 0.333. The smallest absolute Gasteiger partial charge is 0.324 e. The van der Waals surface area contributed by atoms with Crippen LogP contribution in [0.4, 0.5) is 17.6 Å². The van der Waals surface area contributed by atoms with Gasteiger partial charge in [-0.25, -0.2) is 22.8 Å². The normalized spacial score (nSPS) is 14.5. The van der Waals surface area contributed by atoms with Crippen molar-refractivity contribution in [1.82, 2.24) is 19.5 Å². The Bertz CT molecular complexity index is 1290. The third-order valence-electron chi connectivity index (χ3n) is 4.59. The van der Waals surface area contributed by atoms with E-state index in [0.29, 0.717) is 0 Å². The molecule has 0 aliphatic carbocycles. The molecule has 1 unspecified atom stereocenters. The lowest BCUT2D eigenvalue weighted by molar-refractivity contribution is -0.141. The van der Waals surface area contributed by atoms with Gasteiger partial charge in [0.25, 0.3) is 0 Å². The highest BCUT2D eigenvalue weighted by molar-refractivity contribution is 7.91. The van der Waals surface area contributed by atoms with Crippen molar-refractivity contribution in [1.29, 1.82) is 5.26 Å². The average Bonchev–Trinajstić information content (AvgIpc) is 3.02. The predicted molar refractivity (Wildman–Crippen MR) is 98.5 cm³/mol. The molecular formula is C18H15F4N5O2S. The Kier molecular flexibility index (Phi) is 5.06. The highest BCUT2D eigenvalue weighted by Gasteiger charge is 2.34. The fourth-order valence-electron chi connectivity index (χ4n) is 2.78. The van der Waals surface area contributed by atoms with E-state index in [1.54, 1.807) is 0 Å². The minimum atomic E-state index is -4.68. The van der Waals surface area contributed by atoms with E-state index >= 15 is 0 Å². The van der Waals surface area contributed by atoms with Crippen LogP contribution in [0.3, 0.4) is 0 Å². The first kappa shape index (κ1) is 21.6. The second-order valence-corrected chi connectivity index (χ2v) is 8.89. The van der Waals surface area contributed by atoms with Gasteiger partial charge in [0.1, 0.15) is 17.5 Å². The summed E-state index contributed by atoms with van der Waals surface area (Å²) in [6.07, 6.45) is -2.69. The summed E-state index contributed by atoms with van der Waals surface area (Å²) < 4.78 is 79.9. The monoisotopic (exact) mass is 441 g/mol. The number of sulfone groups is 1. The average molecular weight is 441 g/mol. The lowest BCUT2D eigenvalue weighted by atomic mass is 10.0. The molecule has 7 nitrogen and oxygen atoms in total. The third-order valence-corrected chi connectivity index (χ3v) is 6.33. The van der Waals surface area contributed by atoms with E-state index < -0.39 is 27.4 Å². The lowest BCUT2D eigenvalue weighted by Crippen LogP contribution is -2.16. The van der Waals surface area contributed by atoms with Gasteiger partial charge in [-0.05, 0) is 19.1 Å². The van der Waals surface area contributed by atoms with E-state index in [4.69, 9.17) is 5.26 Å². The standard InChI is InChI=1S/C18H15F4N5O2S/c1-4-30(28,29)13-5-10(17(2,19)9-23)7-25-15(13)16-26-11-6-14(18(20,21)22)24-8-12(11)27(16)3/h5-8H,4H2,1-3H3. The molecule has 3 rings (SSSR count). The fourth-order valence-corrected chi connectivity index (χ4v) is 3.84. The van der Waals surface area contributed by atoms with Gasteiger partial charge in [-0.2, -0.15) is 18.4 Å². The van der Waals surface area contributed by atoms with Crippen molar-refractivity contribution in [2.24, 2.45) is 7.05 Å². The second kappa shape index (κ2) is 7.02. The summed E-state index contributed by atoms with van der Waals surface area (Å²) in [7, 11) is -2.48. The molecule has 0 saturated carbocycles. The number of hydrogen-bond acceptors (Lipinski definition) is 6. The van der Waals surface area contributed by atoms with Crippen molar-refractivity contribution in [2.75, 3.05) is 5.75 Å². The van der Waals surface area contributed by atoms with E-state index in [0.717, 1.165) is 31.5 Å². The minimum absolute atomic E-state index is 0.0396. The molecular weight excluding hydrogens is 426 g/mol. The van der Waals surface area contributed by atoms with Crippen LogP contribution in [0.25, 0.3) is 22.6 Å². The first-order valence-corrected chi connectivity index (χ1v) is 10.2. The Morgan fingerprint density at radius 3 is 2.40 bits per heavy atom. The minimum Gasteiger partial charge on any atom is -0.324 e. The van der Waals surface area contributed by atoms with Crippen molar-refractivity contribution >= 4 is 20.9 Å². The zero-order valence-electron chi connectivity index (χ0n) is 16.0. The molecule has 158 valence electrons. The Labute approximate surface area is 168 Å². The quantitative estimate of drug-likeness (QED) is 0.574. The zero-order valence-corrected chi connectivity index (χ0v) is 16.8. The van der Waals surface area contributed by atoms with Crippen LogP contribution in [-0.4, -0.2) is 33.7 Å². The number of halogens is 4. The molecule has 3 aromatic rings. The highest BCUT2D eigenvalue weighted by Crippen LogP contribution is 2.34. The number of alkyl halides is 4. The molecule has 0 amide bonds. The van der Waals surface area contributed by atoms with E-state index in [-0.39, 0.29) is 38.8 Å². The lowest BCUT2D eigenvalue weighted by Gasteiger charge is -2.15. The summed E-state index contributed by atoms with van der Waals surface area (Å²) in [6, 6.07) is 3.18. The second-order valence-electron chi connectivity index (χ2n) is 6.64. The van der Waals surface area contributed by atoms with E-state index in [9.17, 15) is 26.0 Å². The van der Waals surface area contributed by atoms with Crippen molar-refractivity contribution < 1.29 is 26.0 Å². The predicted octanol–water partition coefficient (Wildman–Crippen LogP) is 3.55. The molecule has 0 aliphatic heterocycles. The molecule has 0 fully saturated rings. The molecule has 12 heteroatoms. The molecule has 0 aliphatic rings. The summed E-state index contributed by atoms with van der Waals surface area (Å²) in [5.74, 6) is -0.382. The number of pyridine rings is 2. The van der Waals surface area contributed by atoms with Crippen molar-refractivity contribution in [3.05, 3.63) is 35.8 Å². The van der Waals surface area contributed by atoms with Crippen LogP contribution in [0.1, 0.15) is 25.1 Å². The Balaban J connectivity index is 2.31. The van der Waals surface area contributed by atoms with Gasteiger partial charge in [-0.3, -0.25) is 4.98 Å². The molecule has 3 heterocycles. The number of rotatable bonds is 4. The van der Waals surface area contributed by atoms with Gasteiger partial charge in [0.15, 0.2) is 15.7 Å². The molecule has 30 heavy (non-hydrogen) atoms. The molecule has 0 aromatic carbocycles. The molecule has 0 spiro atoms. The van der Waals surface area contributed by atoms with Crippen molar-refractivity contribution in [2.45, 2.75) is 30.6 Å². The SMILES string of the molecule is CCS(=O)(=O)c1cc(C(C)(F)C#N)cnc1-c1nc2cc(C(F)(F)F)ncc2n1C. The topological polar surface area (TPSA) is 102 Å². The number of nitrogens with zero attached hydrogens (tertiary/aromatic N) is 5. The number of nitriles is 1. The van der Waals surface area contributed by atoms with Gasteiger partial charge in [-0.1, -0.05) is 6.92 Å². The number of imidazole rings is 1. The van der Waals surface area contributed by atoms with E-state index in [1.165, 1.54) is 24.6 Å². The highest BCUT2D eigenvalue weighted by atomic mass is 32.2. The van der Waals surface area contributed by atoms with Gasteiger partial charge in [0.05, 0.1) is 27.9 Å².